The molecule has 1 heterocycles. The van der Waals surface area contributed by atoms with Gasteiger partial charge in [-0.2, -0.15) is 15.0 Å². The average molecular weight is 246 g/mol. The molecule has 94 valence electrons. The average Bonchev–Trinajstić information content (AvgIpc) is 2.82. The van der Waals surface area contributed by atoms with E-state index in [0.29, 0.717) is 11.6 Å². The van der Waals surface area contributed by atoms with Crippen LogP contribution >= 0.6 is 0 Å². The Bertz CT molecular complexity index is 587. The quantitative estimate of drug-likeness (QED) is 0.603. The van der Waals surface area contributed by atoms with Crippen LogP contribution in [0.25, 0.3) is 11.0 Å². The molecule has 1 aromatic heterocycles. The maximum absolute atomic E-state index is 10.7. The first kappa shape index (κ1) is 11.1. The number of nitro benzene ring substituents is 1. The van der Waals surface area contributed by atoms with Gasteiger partial charge in [0.05, 0.1) is 11.0 Å². The van der Waals surface area contributed by atoms with Crippen molar-refractivity contribution in [1.29, 1.82) is 0 Å². The van der Waals surface area contributed by atoms with E-state index in [1.165, 1.54) is 31.4 Å². The summed E-state index contributed by atoms with van der Waals surface area (Å²) >= 11 is 0. The standard InChI is InChI=1S/C12H14N4O2/c17-16(18)10-6-7-11-12(8-10)14-15(13-11)9-4-2-1-3-5-9/h6-9H,1-5H2. The van der Waals surface area contributed by atoms with Crippen LogP contribution in [-0.4, -0.2) is 19.9 Å². The molecular weight excluding hydrogens is 232 g/mol. The Kier molecular flexibility index (Phi) is 2.70. The summed E-state index contributed by atoms with van der Waals surface area (Å²) in [6, 6.07) is 4.98. The highest BCUT2D eigenvalue weighted by Gasteiger charge is 2.18. The van der Waals surface area contributed by atoms with Gasteiger partial charge < -0.3 is 0 Å². The first-order valence-corrected chi connectivity index (χ1v) is 6.25. The lowest BCUT2D eigenvalue weighted by Crippen LogP contribution is -2.15. The SMILES string of the molecule is O=[N+]([O-])c1ccc2nn(C3CCCCC3)nc2c1. The van der Waals surface area contributed by atoms with Crippen LogP contribution in [0.1, 0.15) is 38.1 Å². The minimum absolute atomic E-state index is 0.0678. The number of rotatable bonds is 2. The molecule has 0 atom stereocenters. The van der Waals surface area contributed by atoms with Gasteiger partial charge in [-0.25, -0.2) is 0 Å². The topological polar surface area (TPSA) is 73.8 Å². The molecular formula is C12H14N4O2. The zero-order chi connectivity index (χ0) is 12.5. The van der Waals surface area contributed by atoms with Gasteiger partial charge in [0.15, 0.2) is 0 Å². The van der Waals surface area contributed by atoms with Crippen LogP contribution in [0.5, 0.6) is 0 Å². The summed E-state index contributed by atoms with van der Waals surface area (Å²) in [7, 11) is 0. The Morgan fingerprint density at radius 2 is 1.89 bits per heavy atom. The van der Waals surface area contributed by atoms with Crippen LogP contribution in [0.4, 0.5) is 5.69 Å². The van der Waals surface area contributed by atoms with E-state index in [9.17, 15) is 10.1 Å². The number of hydrogen-bond acceptors (Lipinski definition) is 4. The molecule has 6 heteroatoms. The molecule has 3 rings (SSSR count). The van der Waals surface area contributed by atoms with Gasteiger partial charge in [-0.1, -0.05) is 19.3 Å². The van der Waals surface area contributed by atoms with Gasteiger partial charge in [0.2, 0.25) is 0 Å². The summed E-state index contributed by atoms with van der Waals surface area (Å²) in [6.07, 6.45) is 5.90. The molecule has 1 aliphatic carbocycles. The van der Waals surface area contributed by atoms with Crippen molar-refractivity contribution in [3.05, 3.63) is 28.3 Å². The smallest absolute Gasteiger partial charge is 0.258 e. The summed E-state index contributed by atoms with van der Waals surface area (Å²) < 4.78 is 0. The molecule has 1 aromatic carbocycles. The second-order valence-corrected chi connectivity index (χ2v) is 4.74. The Hall–Kier alpha value is -1.98. The monoisotopic (exact) mass is 246 g/mol. The van der Waals surface area contributed by atoms with Gasteiger partial charge in [-0.15, -0.1) is 0 Å². The number of fused-ring (bicyclic) bond motifs is 1. The van der Waals surface area contributed by atoms with Gasteiger partial charge in [0.25, 0.3) is 5.69 Å². The minimum Gasteiger partial charge on any atom is -0.258 e. The Balaban J connectivity index is 1.97. The molecule has 0 saturated heterocycles. The molecule has 0 radical (unpaired) electrons. The van der Waals surface area contributed by atoms with E-state index < -0.39 is 4.92 Å². The lowest BCUT2D eigenvalue weighted by atomic mass is 9.96. The van der Waals surface area contributed by atoms with E-state index in [2.05, 4.69) is 10.2 Å². The Morgan fingerprint density at radius 1 is 1.17 bits per heavy atom. The first-order chi connectivity index (χ1) is 8.74. The lowest BCUT2D eigenvalue weighted by Gasteiger charge is -2.20. The fraction of sp³-hybridized carbons (Fsp3) is 0.500. The van der Waals surface area contributed by atoms with Gasteiger partial charge in [0, 0.05) is 12.1 Å². The molecule has 1 saturated carbocycles. The number of benzene rings is 1. The van der Waals surface area contributed by atoms with Crippen LogP contribution in [0.3, 0.4) is 0 Å². The van der Waals surface area contributed by atoms with Gasteiger partial charge in [-0.3, -0.25) is 10.1 Å². The molecule has 1 fully saturated rings. The zero-order valence-electron chi connectivity index (χ0n) is 9.95. The molecule has 6 nitrogen and oxygen atoms in total. The van der Waals surface area contributed by atoms with Crippen molar-refractivity contribution in [1.82, 2.24) is 15.0 Å². The summed E-state index contributed by atoms with van der Waals surface area (Å²) in [4.78, 5) is 12.0. The molecule has 0 aliphatic heterocycles. The van der Waals surface area contributed by atoms with Crippen LogP contribution in [0.15, 0.2) is 18.2 Å². The summed E-state index contributed by atoms with van der Waals surface area (Å²) in [5.74, 6) is 0. The maximum atomic E-state index is 10.7. The third-order valence-corrected chi connectivity index (χ3v) is 3.49. The number of aromatic nitrogens is 3. The first-order valence-electron chi connectivity index (χ1n) is 6.25. The molecule has 0 bridgehead atoms. The van der Waals surface area contributed by atoms with Crippen molar-refractivity contribution in [2.45, 2.75) is 38.1 Å². The molecule has 0 N–H and O–H groups in total. The number of nitrogens with zero attached hydrogens (tertiary/aromatic N) is 4. The predicted octanol–water partition coefficient (Wildman–Crippen LogP) is 2.84. The van der Waals surface area contributed by atoms with Crippen molar-refractivity contribution < 1.29 is 4.92 Å². The largest absolute Gasteiger partial charge is 0.271 e. The van der Waals surface area contributed by atoms with Crippen LogP contribution in [-0.2, 0) is 0 Å². The van der Waals surface area contributed by atoms with Crippen molar-refractivity contribution >= 4 is 16.7 Å². The summed E-state index contributed by atoms with van der Waals surface area (Å²) in [5, 5.41) is 19.5. The van der Waals surface area contributed by atoms with E-state index >= 15 is 0 Å². The summed E-state index contributed by atoms with van der Waals surface area (Å²) in [5.41, 5.74) is 1.40. The number of nitro groups is 1. The van der Waals surface area contributed by atoms with Crippen LogP contribution < -0.4 is 0 Å². The van der Waals surface area contributed by atoms with Crippen molar-refractivity contribution in [3.8, 4) is 0 Å². The van der Waals surface area contributed by atoms with Gasteiger partial charge in [-0.05, 0) is 18.9 Å². The van der Waals surface area contributed by atoms with Crippen molar-refractivity contribution in [3.63, 3.8) is 0 Å². The van der Waals surface area contributed by atoms with Gasteiger partial charge in [0.1, 0.15) is 11.0 Å². The van der Waals surface area contributed by atoms with Crippen molar-refractivity contribution in [2.75, 3.05) is 0 Å². The Morgan fingerprint density at radius 3 is 2.61 bits per heavy atom. The van der Waals surface area contributed by atoms with Crippen LogP contribution in [0.2, 0.25) is 0 Å². The fourth-order valence-corrected chi connectivity index (χ4v) is 2.51. The van der Waals surface area contributed by atoms with E-state index in [1.54, 1.807) is 10.9 Å². The number of hydrogen-bond donors (Lipinski definition) is 0. The molecule has 0 unspecified atom stereocenters. The highest BCUT2D eigenvalue weighted by Crippen LogP contribution is 2.28. The van der Waals surface area contributed by atoms with E-state index in [0.717, 1.165) is 18.4 Å². The highest BCUT2D eigenvalue weighted by atomic mass is 16.6. The van der Waals surface area contributed by atoms with Crippen molar-refractivity contribution in [2.24, 2.45) is 0 Å². The second-order valence-electron chi connectivity index (χ2n) is 4.74. The third kappa shape index (κ3) is 1.94. The maximum Gasteiger partial charge on any atom is 0.271 e. The lowest BCUT2D eigenvalue weighted by molar-refractivity contribution is -0.384. The summed E-state index contributed by atoms with van der Waals surface area (Å²) in [6.45, 7) is 0. The van der Waals surface area contributed by atoms with E-state index in [-0.39, 0.29) is 5.69 Å². The molecule has 1 aliphatic rings. The zero-order valence-corrected chi connectivity index (χ0v) is 9.95. The van der Waals surface area contributed by atoms with E-state index in [4.69, 9.17) is 0 Å². The molecule has 0 amide bonds. The molecule has 0 spiro atoms. The Labute approximate surface area is 104 Å². The predicted molar refractivity (Wildman–Crippen MR) is 66.3 cm³/mol. The minimum atomic E-state index is -0.404. The normalized spacial score (nSPS) is 17.1. The number of non-ortho nitro benzene ring substituents is 1. The third-order valence-electron chi connectivity index (χ3n) is 3.49. The van der Waals surface area contributed by atoms with Crippen LogP contribution in [0, 0.1) is 10.1 Å². The highest BCUT2D eigenvalue weighted by molar-refractivity contribution is 5.76. The molecule has 2 aromatic rings. The molecule has 18 heavy (non-hydrogen) atoms. The fourth-order valence-electron chi connectivity index (χ4n) is 2.51. The van der Waals surface area contributed by atoms with Gasteiger partial charge >= 0.3 is 0 Å². The second kappa shape index (κ2) is 4.36. The van der Waals surface area contributed by atoms with E-state index in [1.807, 2.05) is 0 Å².